The minimum Gasteiger partial charge on any atom is -0.462 e. The van der Waals surface area contributed by atoms with E-state index in [4.69, 9.17) is 37.0 Å². The van der Waals surface area contributed by atoms with E-state index in [1.54, 1.807) is 0 Å². The van der Waals surface area contributed by atoms with Crippen molar-refractivity contribution < 1.29 is 80.2 Å². The second-order valence-electron chi connectivity index (χ2n) is 27.4. The van der Waals surface area contributed by atoms with Crippen molar-refractivity contribution in [3.8, 4) is 0 Å². The summed E-state index contributed by atoms with van der Waals surface area (Å²) in [6, 6.07) is 0. The molecule has 0 fully saturated rings. The largest absolute Gasteiger partial charge is 0.472 e. The average molecular weight is 1340 g/mol. The molecule has 3 N–H and O–H groups in total. The lowest BCUT2D eigenvalue weighted by Crippen LogP contribution is -2.30. The molecule has 0 aromatic rings. The Bertz CT molecular complexity index is 1800. The molecule has 0 aromatic heterocycles. The summed E-state index contributed by atoms with van der Waals surface area (Å²) >= 11 is 0. The molecule has 0 rings (SSSR count). The highest BCUT2D eigenvalue weighted by molar-refractivity contribution is 7.47. The minimum absolute atomic E-state index is 0.102. The first kappa shape index (κ1) is 89.1. The van der Waals surface area contributed by atoms with Gasteiger partial charge in [0.05, 0.1) is 26.4 Å². The maximum atomic E-state index is 13.0. The summed E-state index contributed by atoms with van der Waals surface area (Å²) in [4.78, 5) is 72.6. The number of ether oxygens (including phenoxy) is 4. The number of aliphatic hydroxyl groups excluding tert-OH is 1. The molecule has 0 amide bonds. The van der Waals surface area contributed by atoms with Crippen LogP contribution >= 0.6 is 15.6 Å². The monoisotopic (exact) mass is 1340 g/mol. The lowest BCUT2D eigenvalue weighted by molar-refractivity contribution is -0.161. The van der Waals surface area contributed by atoms with Crippen LogP contribution in [-0.2, 0) is 65.4 Å². The van der Waals surface area contributed by atoms with Crippen LogP contribution in [0.15, 0.2) is 0 Å². The van der Waals surface area contributed by atoms with Gasteiger partial charge >= 0.3 is 39.5 Å². The van der Waals surface area contributed by atoms with Gasteiger partial charge in [-0.2, -0.15) is 0 Å². The van der Waals surface area contributed by atoms with Crippen LogP contribution in [0.1, 0.15) is 357 Å². The maximum absolute atomic E-state index is 13.0. The number of aliphatic hydroxyl groups is 1. The predicted octanol–water partition coefficient (Wildman–Crippen LogP) is 20.5. The smallest absolute Gasteiger partial charge is 0.462 e. The Morgan fingerprint density at radius 3 is 0.780 bits per heavy atom. The number of carbonyl (C=O) groups is 4. The Hall–Kier alpha value is -1.94. The Balaban J connectivity index is 5.25. The molecule has 17 nitrogen and oxygen atoms in total. The molecule has 5 unspecified atom stereocenters. The van der Waals surface area contributed by atoms with E-state index in [9.17, 15) is 43.2 Å². The molecular weight excluding hydrogens is 1200 g/mol. The quantitative estimate of drug-likeness (QED) is 0.0222. The highest BCUT2D eigenvalue weighted by Gasteiger charge is 2.30. The SMILES string of the molecule is CCC(C)CCCCCCCCCCCCC(=O)O[C@H](COC(=O)CCCCCCCCCCCCCCCC(C)C)COP(=O)(O)OCC(O)COP(=O)(O)OC[C@@H](COC(=O)CCCCCCCCCCC(C)C)OC(=O)CCCCCCCCC(C)CC. The van der Waals surface area contributed by atoms with Gasteiger partial charge in [0, 0.05) is 25.7 Å². The molecule has 0 aliphatic carbocycles. The summed E-state index contributed by atoms with van der Waals surface area (Å²) in [7, 11) is -9.91. The van der Waals surface area contributed by atoms with E-state index in [1.807, 2.05) is 0 Å². The Morgan fingerprint density at radius 1 is 0.308 bits per heavy atom. The molecule has 0 heterocycles. The molecular formula is C72H140O17P2. The fraction of sp³-hybridized carbons (Fsp3) is 0.944. The van der Waals surface area contributed by atoms with Crippen LogP contribution in [0.25, 0.3) is 0 Å². The van der Waals surface area contributed by atoms with Gasteiger partial charge in [0.25, 0.3) is 0 Å². The van der Waals surface area contributed by atoms with Crippen molar-refractivity contribution in [1.29, 1.82) is 0 Å². The Kier molecular flexibility index (Phi) is 60.3. The van der Waals surface area contributed by atoms with Crippen molar-refractivity contribution in [2.75, 3.05) is 39.6 Å². The van der Waals surface area contributed by atoms with Crippen LogP contribution in [0.2, 0.25) is 0 Å². The van der Waals surface area contributed by atoms with Crippen LogP contribution in [0.3, 0.4) is 0 Å². The summed E-state index contributed by atoms with van der Waals surface area (Å²) in [5.41, 5.74) is 0. The van der Waals surface area contributed by atoms with Gasteiger partial charge in [-0.05, 0) is 49.4 Å². The van der Waals surface area contributed by atoms with Crippen molar-refractivity contribution in [3.05, 3.63) is 0 Å². The van der Waals surface area contributed by atoms with Crippen molar-refractivity contribution >= 4 is 39.5 Å². The van der Waals surface area contributed by atoms with Crippen LogP contribution in [0.5, 0.6) is 0 Å². The summed E-state index contributed by atoms with van der Waals surface area (Å²) < 4.78 is 68.3. The zero-order chi connectivity index (χ0) is 67.5. The van der Waals surface area contributed by atoms with E-state index >= 15 is 0 Å². The lowest BCUT2D eigenvalue weighted by atomic mass is 9.99. The van der Waals surface area contributed by atoms with Gasteiger partial charge < -0.3 is 33.8 Å². The molecule has 19 heteroatoms. The average Bonchev–Trinajstić information content (AvgIpc) is 3.52. The number of rotatable bonds is 69. The summed E-state index contributed by atoms with van der Waals surface area (Å²) in [5.74, 6) is 0.911. The summed E-state index contributed by atoms with van der Waals surface area (Å²) in [5, 5.41) is 10.6. The molecule has 7 atom stereocenters. The molecule has 0 saturated carbocycles. The van der Waals surface area contributed by atoms with Gasteiger partial charge in [-0.3, -0.25) is 37.3 Å². The predicted molar refractivity (Wildman–Crippen MR) is 367 cm³/mol. The van der Waals surface area contributed by atoms with Gasteiger partial charge in [0.15, 0.2) is 12.2 Å². The number of carbonyl (C=O) groups excluding carboxylic acids is 4. The molecule has 91 heavy (non-hydrogen) atoms. The second kappa shape index (κ2) is 61.6. The van der Waals surface area contributed by atoms with E-state index in [2.05, 4.69) is 55.4 Å². The molecule has 0 aromatic carbocycles. The normalized spacial score (nSPS) is 14.8. The fourth-order valence-corrected chi connectivity index (χ4v) is 12.4. The topological polar surface area (TPSA) is 237 Å². The molecule has 0 aliphatic heterocycles. The van der Waals surface area contributed by atoms with E-state index in [1.165, 1.54) is 161 Å². The highest BCUT2D eigenvalue weighted by atomic mass is 31.2. The third-order valence-electron chi connectivity index (χ3n) is 17.3. The van der Waals surface area contributed by atoms with E-state index in [0.717, 1.165) is 114 Å². The van der Waals surface area contributed by atoms with E-state index in [0.29, 0.717) is 25.7 Å². The van der Waals surface area contributed by atoms with Crippen molar-refractivity contribution in [2.45, 2.75) is 375 Å². The van der Waals surface area contributed by atoms with Gasteiger partial charge in [-0.25, -0.2) is 9.13 Å². The first-order valence-electron chi connectivity index (χ1n) is 37.3. The first-order valence-corrected chi connectivity index (χ1v) is 40.3. The number of esters is 4. The summed E-state index contributed by atoms with van der Waals surface area (Å²) in [6.45, 7) is 14.1. The molecule has 540 valence electrons. The third-order valence-corrected chi connectivity index (χ3v) is 19.2. The molecule has 0 spiro atoms. The van der Waals surface area contributed by atoms with Crippen LogP contribution in [0, 0.1) is 23.7 Å². The third kappa shape index (κ3) is 63.9. The second-order valence-corrected chi connectivity index (χ2v) is 30.3. The maximum Gasteiger partial charge on any atom is 0.472 e. The van der Waals surface area contributed by atoms with Crippen molar-refractivity contribution in [1.82, 2.24) is 0 Å². The van der Waals surface area contributed by atoms with Gasteiger partial charge in [0.1, 0.15) is 19.3 Å². The number of hydrogen-bond donors (Lipinski definition) is 3. The minimum atomic E-state index is -4.95. The van der Waals surface area contributed by atoms with Gasteiger partial charge in [-0.1, -0.05) is 306 Å². The van der Waals surface area contributed by atoms with Gasteiger partial charge in [0.2, 0.25) is 0 Å². The molecule has 0 aliphatic rings. The van der Waals surface area contributed by atoms with Crippen molar-refractivity contribution in [2.24, 2.45) is 23.7 Å². The highest BCUT2D eigenvalue weighted by Crippen LogP contribution is 2.45. The molecule has 0 radical (unpaired) electrons. The standard InChI is InChI=1S/C72H140O17P2/c1-9-64(7)50-42-34-26-19-16-17-21-29-38-46-54-71(76)88-67(58-82-69(74)52-44-36-27-20-15-13-11-12-14-18-24-32-40-48-62(3)4)60-86-90(78,79)84-56-66(73)57-85-91(80,81)87-61-68(89-72(77)55-47-39-31-30-35-43-51-65(8)10-2)59-83-70(75)53-45-37-28-23-22-25-33-41-49-63(5)6/h62-68,73H,9-61H2,1-8H3,(H,78,79)(H,80,81)/t64?,65?,66?,67-,68-/m1/s1. The van der Waals surface area contributed by atoms with E-state index < -0.39 is 97.5 Å². The fourth-order valence-electron chi connectivity index (χ4n) is 10.8. The zero-order valence-corrected chi connectivity index (χ0v) is 61.3. The number of hydrogen-bond acceptors (Lipinski definition) is 15. The summed E-state index contributed by atoms with van der Waals surface area (Å²) in [6.07, 6.45) is 44.4. The Labute approximate surface area is 556 Å². The van der Waals surface area contributed by atoms with Crippen LogP contribution < -0.4 is 0 Å². The lowest BCUT2D eigenvalue weighted by Gasteiger charge is -2.21. The zero-order valence-electron chi connectivity index (χ0n) is 59.5. The van der Waals surface area contributed by atoms with E-state index in [-0.39, 0.29) is 25.7 Å². The van der Waals surface area contributed by atoms with Gasteiger partial charge in [-0.15, -0.1) is 0 Å². The molecule has 0 bridgehead atoms. The Morgan fingerprint density at radius 2 is 0.527 bits per heavy atom. The molecule has 0 saturated heterocycles. The first-order chi connectivity index (χ1) is 43.7. The number of unbranched alkanes of at least 4 members (excludes halogenated alkanes) is 33. The van der Waals surface area contributed by atoms with Crippen molar-refractivity contribution in [3.63, 3.8) is 0 Å². The number of phosphoric acid groups is 2. The number of phosphoric ester groups is 2. The van der Waals surface area contributed by atoms with Crippen LogP contribution in [-0.4, -0.2) is 96.7 Å². The van der Waals surface area contributed by atoms with Crippen LogP contribution in [0.4, 0.5) is 0 Å².